The number of rotatable bonds is 3. The minimum Gasteiger partial charge on any atom is -0.341 e. The molecule has 1 aromatic rings. The third kappa shape index (κ3) is 4.65. The summed E-state index contributed by atoms with van der Waals surface area (Å²) in [6.45, 7) is 9.51. The van der Waals surface area contributed by atoms with Gasteiger partial charge in [0.2, 0.25) is 5.91 Å². The smallest absolute Gasteiger partial charge is 0.255 e. The lowest BCUT2D eigenvalue weighted by Crippen LogP contribution is -2.53. The van der Waals surface area contributed by atoms with E-state index in [4.69, 9.17) is 0 Å². The van der Waals surface area contributed by atoms with E-state index in [1.54, 1.807) is 0 Å². The molecule has 2 amide bonds. The molecule has 2 aliphatic rings. The molecule has 0 bridgehead atoms. The van der Waals surface area contributed by atoms with Crippen molar-refractivity contribution in [2.45, 2.75) is 20.3 Å². The van der Waals surface area contributed by atoms with Gasteiger partial charge in [-0.15, -0.1) is 0 Å². The highest BCUT2D eigenvalue weighted by Gasteiger charge is 2.28. The van der Waals surface area contributed by atoms with Gasteiger partial charge in [-0.25, -0.2) is 0 Å². The van der Waals surface area contributed by atoms with E-state index in [-0.39, 0.29) is 11.8 Å². The van der Waals surface area contributed by atoms with Crippen LogP contribution in [0.4, 0.5) is 0 Å². The van der Waals surface area contributed by atoms with E-state index in [1.165, 1.54) is 6.42 Å². The minimum absolute atomic E-state index is 0.0575. The SMILES string of the molecule is CC1CC(C)CN(C(=O)CN2CCN(C(=O)c3ccccc3Br)CC2)C1. The summed E-state index contributed by atoms with van der Waals surface area (Å²) in [6.07, 6.45) is 1.21. The first-order valence-corrected chi connectivity index (χ1v) is 10.3. The normalized spacial score (nSPS) is 24.6. The second-order valence-electron chi connectivity index (χ2n) is 7.79. The van der Waals surface area contributed by atoms with Gasteiger partial charge < -0.3 is 9.80 Å². The molecule has 0 spiro atoms. The van der Waals surface area contributed by atoms with Crippen molar-refractivity contribution in [1.82, 2.24) is 14.7 Å². The summed E-state index contributed by atoms with van der Waals surface area (Å²) in [5.41, 5.74) is 0.702. The highest BCUT2D eigenvalue weighted by atomic mass is 79.9. The van der Waals surface area contributed by atoms with E-state index in [9.17, 15) is 9.59 Å². The predicted octanol–water partition coefficient (Wildman–Crippen LogP) is 2.71. The first-order valence-electron chi connectivity index (χ1n) is 9.48. The molecular formula is C20H28BrN3O2. The Kier molecular flexibility index (Phi) is 6.35. The molecule has 2 saturated heterocycles. The fraction of sp³-hybridized carbons (Fsp3) is 0.600. The molecule has 5 nitrogen and oxygen atoms in total. The zero-order chi connectivity index (χ0) is 18.7. The molecule has 26 heavy (non-hydrogen) atoms. The molecule has 2 unspecified atom stereocenters. The molecule has 2 fully saturated rings. The summed E-state index contributed by atoms with van der Waals surface area (Å²) in [5, 5.41) is 0. The van der Waals surface area contributed by atoms with E-state index in [2.05, 4.69) is 34.7 Å². The average molecular weight is 422 g/mol. The Balaban J connectivity index is 1.50. The third-order valence-corrected chi connectivity index (χ3v) is 6.04. The Morgan fingerprint density at radius 3 is 2.23 bits per heavy atom. The Hall–Kier alpha value is -1.40. The van der Waals surface area contributed by atoms with Crippen molar-refractivity contribution in [3.63, 3.8) is 0 Å². The van der Waals surface area contributed by atoms with Crippen LogP contribution in [0.1, 0.15) is 30.6 Å². The first kappa shape index (κ1) is 19.4. The molecule has 2 aliphatic heterocycles. The quantitative estimate of drug-likeness (QED) is 0.753. The van der Waals surface area contributed by atoms with E-state index < -0.39 is 0 Å². The van der Waals surface area contributed by atoms with Crippen LogP contribution in [0.2, 0.25) is 0 Å². The van der Waals surface area contributed by atoms with Crippen molar-refractivity contribution < 1.29 is 9.59 Å². The van der Waals surface area contributed by atoms with Gasteiger partial charge >= 0.3 is 0 Å². The Morgan fingerprint density at radius 1 is 1.00 bits per heavy atom. The van der Waals surface area contributed by atoms with Crippen LogP contribution in [0.25, 0.3) is 0 Å². The van der Waals surface area contributed by atoms with Crippen LogP contribution in [0, 0.1) is 11.8 Å². The highest BCUT2D eigenvalue weighted by molar-refractivity contribution is 9.10. The Bertz CT molecular complexity index is 648. The number of piperazine rings is 1. The van der Waals surface area contributed by atoms with Crippen LogP contribution in [-0.2, 0) is 4.79 Å². The van der Waals surface area contributed by atoms with Crippen molar-refractivity contribution in [2.24, 2.45) is 11.8 Å². The number of likely N-dealkylation sites (tertiary alicyclic amines) is 1. The zero-order valence-electron chi connectivity index (χ0n) is 15.7. The summed E-state index contributed by atoms with van der Waals surface area (Å²) >= 11 is 3.45. The van der Waals surface area contributed by atoms with E-state index in [1.807, 2.05) is 34.1 Å². The number of benzene rings is 1. The van der Waals surface area contributed by atoms with Crippen molar-refractivity contribution in [3.8, 4) is 0 Å². The first-order chi connectivity index (χ1) is 12.4. The minimum atomic E-state index is 0.0575. The molecule has 0 saturated carbocycles. The van der Waals surface area contributed by atoms with Gasteiger partial charge in [0.1, 0.15) is 0 Å². The molecule has 142 valence electrons. The van der Waals surface area contributed by atoms with Gasteiger partial charge in [-0.3, -0.25) is 14.5 Å². The van der Waals surface area contributed by atoms with E-state index in [0.717, 1.165) is 30.7 Å². The second-order valence-corrected chi connectivity index (χ2v) is 8.65. The lowest BCUT2D eigenvalue weighted by atomic mass is 9.92. The second kappa shape index (κ2) is 8.53. The van der Waals surface area contributed by atoms with Gasteiger partial charge in [0.25, 0.3) is 5.91 Å². The van der Waals surface area contributed by atoms with Crippen molar-refractivity contribution in [2.75, 3.05) is 45.8 Å². The van der Waals surface area contributed by atoms with Crippen LogP contribution in [0.3, 0.4) is 0 Å². The molecule has 2 heterocycles. The van der Waals surface area contributed by atoms with Gasteiger partial charge in [0.15, 0.2) is 0 Å². The van der Waals surface area contributed by atoms with Crippen LogP contribution >= 0.6 is 15.9 Å². The number of nitrogens with zero attached hydrogens (tertiary/aromatic N) is 3. The average Bonchev–Trinajstić information content (AvgIpc) is 2.61. The van der Waals surface area contributed by atoms with Crippen LogP contribution in [-0.4, -0.2) is 72.3 Å². The van der Waals surface area contributed by atoms with Gasteiger partial charge in [-0.05, 0) is 46.3 Å². The fourth-order valence-electron chi connectivity index (χ4n) is 4.07. The Morgan fingerprint density at radius 2 is 1.62 bits per heavy atom. The molecule has 0 aliphatic carbocycles. The van der Waals surface area contributed by atoms with Crippen molar-refractivity contribution in [3.05, 3.63) is 34.3 Å². The molecular weight excluding hydrogens is 394 g/mol. The number of halogens is 1. The van der Waals surface area contributed by atoms with Gasteiger partial charge in [0.05, 0.1) is 12.1 Å². The zero-order valence-corrected chi connectivity index (χ0v) is 17.2. The monoisotopic (exact) mass is 421 g/mol. The molecule has 0 radical (unpaired) electrons. The summed E-state index contributed by atoms with van der Waals surface area (Å²) in [6, 6.07) is 7.53. The van der Waals surface area contributed by atoms with Crippen molar-refractivity contribution in [1.29, 1.82) is 0 Å². The highest BCUT2D eigenvalue weighted by Crippen LogP contribution is 2.22. The maximum atomic E-state index is 12.7. The van der Waals surface area contributed by atoms with Crippen LogP contribution in [0.15, 0.2) is 28.7 Å². The Labute approximate surface area is 164 Å². The topological polar surface area (TPSA) is 43.9 Å². The summed E-state index contributed by atoms with van der Waals surface area (Å²) < 4.78 is 0.830. The number of carbonyl (C=O) groups excluding carboxylic acids is 2. The third-order valence-electron chi connectivity index (χ3n) is 5.34. The van der Waals surface area contributed by atoms with Gasteiger partial charge in [-0.1, -0.05) is 26.0 Å². The summed E-state index contributed by atoms with van der Waals surface area (Å²) in [4.78, 5) is 31.4. The summed E-state index contributed by atoms with van der Waals surface area (Å²) in [5.74, 6) is 1.46. The van der Waals surface area contributed by atoms with Crippen LogP contribution in [0.5, 0.6) is 0 Å². The fourth-order valence-corrected chi connectivity index (χ4v) is 4.53. The maximum Gasteiger partial charge on any atom is 0.255 e. The molecule has 6 heteroatoms. The van der Waals surface area contributed by atoms with Crippen molar-refractivity contribution >= 4 is 27.7 Å². The van der Waals surface area contributed by atoms with E-state index >= 15 is 0 Å². The number of amides is 2. The number of hydrogen-bond donors (Lipinski definition) is 0. The van der Waals surface area contributed by atoms with Gasteiger partial charge in [0, 0.05) is 43.7 Å². The standard InChI is InChI=1S/C20H28BrN3O2/c1-15-11-16(2)13-24(12-15)19(25)14-22-7-9-23(10-8-22)20(26)17-5-3-4-6-18(17)21/h3-6,15-16H,7-14H2,1-2H3. The number of piperidine rings is 1. The predicted molar refractivity (Wildman–Crippen MR) is 106 cm³/mol. The molecule has 0 N–H and O–H groups in total. The van der Waals surface area contributed by atoms with Gasteiger partial charge in [-0.2, -0.15) is 0 Å². The lowest BCUT2D eigenvalue weighted by Gasteiger charge is -2.38. The maximum absolute atomic E-state index is 12.7. The number of hydrogen-bond acceptors (Lipinski definition) is 3. The van der Waals surface area contributed by atoms with Crippen LogP contribution < -0.4 is 0 Å². The molecule has 1 aromatic carbocycles. The molecule has 2 atom stereocenters. The largest absolute Gasteiger partial charge is 0.341 e. The van der Waals surface area contributed by atoms with E-state index in [0.29, 0.717) is 37.0 Å². The summed E-state index contributed by atoms with van der Waals surface area (Å²) in [7, 11) is 0. The molecule has 0 aromatic heterocycles. The molecule has 3 rings (SSSR count). The number of carbonyl (C=O) groups is 2. The lowest BCUT2D eigenvalue weighted by molar-refractivity contribution is -0.135.